The molecule has 0 unspecified atom stereocenters. The van der Waals surface area contributed by atoms with Crippen molar-refractivity contribution in [2.75, 3.05) is 0 Å². The number of rotatable bonds is 3. The van der Waals surface area contributed by atoms with Gasteiger partial charge in [0.25, 0.3) is 8.32 Å². The van der Waals surface area contributed by atoms with Crippen LogP contribution >= 0.6 is 11.8 Å². The summed E-state index contributed by atoms with van der Waals surface area (Å²) in [6.45, 7) is 22.4. The summed E-state index contributed by atoms with van der Waals surface area (Å²) in [6.07, 6.45) is 0. The lowest BCUT2D eigenvalue weighted by molar-refractivity contribution is 0.412. The number of hydrogen-bond donors (Lipinski definition) is 0. The molecule has 102 valence electrons. The van der Waals surface area contributed by atoms with Gasteiger partial charge >= 0.3 is 0 Å². The Morgan fingerprint density at radius 2 is 1.35 bits per heavy atom. The molecule has 0 rings (SSSR count). The molecule has 0 aromatic carbocycles. The lowest BCUT2D eigenvalue weighted by Crippen LogP contribution is -2.40. The van der Waals surface area contributed by atoms with Gasteiger partial charge in [-0.2, -0.15) is 0 Å². The quantitative estimate of drug-likeness (QED) is 0.476. The summed E-state index contributed by atoms with van der Waals surface area (Å²) in [5.74, 6) is 0. The molecule has 0 aliphatic heterocycles. The van der Waals surface area contributed by atoms with E-state index in [1.807, 2.05) is 11.8 Å². The zero-order valence-corrected chi connectivity index (χ0v) is 15.1. The topological polar surface area (TPSA) is 9.23 Å². The maximum absolute atomic E-state index is 6.42. The van der Waals surface area contributed by atoms with Crippen molar-refractivity contribution in [2.45, 2.75) is 78.3 Å². The summed E-state index contributed by atoms with van der Waals surface area (Å²) in [7, 11) is -1.71. The first-order valence-corrected chi connectivity index (χ1v) is 10.0. The van der Waals surface area contributed by atoms with Crippen molar-refractivity contribution in [3.63, 3.8) is 0 Å². The molecule has 3 heteroatoms. The van der Waals surface area contributed by atoms with Crippen LogP contribution in [-0.2, 0) is 4.43 Å². The fourth-order valence-corrected chi connectivity index (χ4v) is 3.41. The minimum Gasteiger partial charge on any atom is -0.539 e. The zero-order valence-electron chi connectivity index (χ0n) is 13.3. The van der Waals surface area contributed by atoms with Crippen LogP contribution in [0.15, 0.2) is 10.7 Å². The predicted octanol–water partition coefficient (Wildman–Crippen LogP) is 5.79. The first-order valence-electron chi connectivity index (χ1n) is 6.32. The van der Waals surface area contributed by atoms with Crippen LogP contribution < -0.4 is 0 Å². The Balaban J connectivity index is 5.01. The van der Waals surface area contributed by atoms with Gasteiger partial charge in [0, 0.05) is 4.75 Å². The molecule has 0 aliphatic rings. The molecule has 0 saturated carbocycles. The predicted molar refractivity (Wildman–Crippen MR) is 84.0 cm³/mol. The summed E-state index contributed by atoms with van der Waals surface area (Å²) in [5, 5.41) is 1.38. The van der Waals surface area contributed by atoms with Crippen LogP contribution in [0.1, 0.15) is 55.4 Å². The van der Waals surface area contributed by atoms with Crippen LogP contribution in [0.4, 0.5) is 0 Å². The van der Waals surface area contributed by atoms with Crippen LogP contribution in [0, 0.1) is 0 Å². The van der Waals surface area contributed by atoms with Gasteiger partial charge in [0.1, 0.15) is 5.09 Å². The van der Waals surface area contributed by atoms with Gasteiger partial charge in [-0.25, -0.2) is 0 Å². The number of thioether (sulfide) groups is 1. The van der Waals surface area contributed by atoms with E-state index >= 15 is 0 Å². The summed E-state index contributed by atoms with van der Waals surface area (Å²) in [5.41, 5.74) is 1.29. The fraction of sp³-hybridized carbons (Fsp3) is 0.857. The summed E-state index contributed by atoms with van der Waals surface area (Å²) in [6, 6.07) is 0. The molecule has 0 aromatic rings. The molecule has 0 aromatic heterocycles. The Kier molecular flexibility index (Phi) is 5.43. The smallest absolute Gasteiger partial charge is 0.251 e. The van der Waals surface area contributed by atoms with E-state index < -0.39 is 8.32 Å². The lowest BCUT2D eigenvalue weighted by Gasteiger charge is -2.38. The van der Waals surface area contributed by atoms with Gasteiger partial charge < -0.3 is 4.43 Å². The fourth-order valence-electron chi connectivity index (χ4n) is 0.888. The number of allylic oxidation sites excluding steroid dienone is 1. The van der Waals surface area contributed by atoms with E-state index in [0.29, 0.717) is 0 Å². The van der Waals surface area contributed by atoms with E-state index in [4.69, 9.17) is 4.43 Å². The van der Waals surface area contributed by atoms with E-state index in [9.17, 15) is 0 Å². The lowest BCUT2D eigenvalue weighted by atomic mass is 10.2. The molecule has 0 atom stereocenters. The van der Waals surface area contributed by atoms with Gasteiger partial charge in [0.15, 0.2) is 0 Å². The van der Waals surface area contributed by atoms with Gasteiger partial charge in [-0.05, 0) is 37.6 Å². The molecule has 0 saturated heterocycles. The standard InChI is InChI=1S/C14H30OSSi/c1-11(2)12(16-13(3,4)5)15-17(9,10)14(6,7)8/h1-10H3. The maximum atomic E-state index is 6.42. The zero-order chi connectivity index (χ0) is 14.1. The third kappa shape index (κ3) is 6.00. The molecule has 0 radical (unpaired) electrons. The van der Waals surface area contributed by atoms with Gasteiger partial charge in [-0.1, -0.05) is 53.3 Å². The van der Waals surface area contributed by atoms with Gasteiger partial charge in [-0.15, -0.1) is 0 Å². The molecule has 0 heterocycles. The number of hydrogen-bond acceptors (Lipinski definition) is 2. The highest BCUT2D eigenvalue weighted by molar-refractivity contribution is 8.04. The average Bonchev–Trinajstić information content (AvgIpc) is 1.96. The van der Waals surface area contributed by atoms with Crippen molar-refractivity contribution >= 4 is 20.1 Å². The molecule has 0 aliphatic carbocycles. The minimum absolute atomic E-state index is 0.203. The van der Waals surface area contributed by atoms with Crippen LogP contribution in [-0.4, -0.2) is 13.1 Å². The van der Waals surface area contributed by atoms with Crippen molar-refractivity contribution in [3.8, 4) is 0 Å². The van der Waals surface area contributed by atoms with E-state index in [0.717, 1.165) is 5.09 Å². The first-order chi connectivity index (χ1) is 7.26. The molecule has 0 amide bonds. The highest BCUT2D eigenvalue weighted by Crippen LogP contribution is 2.42. The molecular weight excluding hydrogens is 244 g/mol. The minimum atomic E-state index is -1.71. The summed E-state index contributed by atoms with van der Waals surface area (Å²) < 4.78 is 6.62. The van der Waals surface area contributed by atoms with E-state index in [-0.39, 0.29) is 9.79 Å². The summed E-state index contributed by atoms with van der Waals surface area (Å²) in [4.78, 5) is 0. The molecule has 0 N–H and O–H groups in total. The van der Waals surface area contributed by atoms with E-state index in [1.54, 1.807) is 0 Å². The Bertz CT molecular complexity index is 288. The molecule has 17 heavy (non-hydrogen) atoms. The molecule has 0 bridgehead atoms. The van der Waals surface area contributed by atoms with E-state index in [2.05, 4.69) is 68.5 Å². The van der Waals surface area contributed by atoms with Crippen molar-refractivity contribution < 1.29 is 4.43 Å². The van der Waals surface area contributed by atoms with Crippen molar-refractivity contribution in [1.29, 1.82) is 0 Å². The third-order valence-electron chi connectivity index (χ3n) is 2.96. The molecular formula is C14H30OSSi. The largest absolute Gasteiger partial charge is 0.539 e. The highest BCUT2D eigenvalue weighted by atomic mass is 32.2. The average molecular weight is 275 g/mol. The van der Waals surface area contributed by atoms with E-state index in [1.165, 1.54) is 5.57 Å². The molecule has 0 spiro atoms. The maximum Gasteiger partial charge on any atom is 0.251 e. The van der Waals surface area contributed by atoms with Crippen molar-refractivity contribution in [2.24, 2.45) is 0 Å². The first kappa shape index (κ1) is 17.1. The molecule has 1 nitrogen and oxygen atoms in total. The third-order valence-corrected chi connectivity index (χ3v) is 8.73. The van der Waals surface area contributed by atoms with Gasteiger partial charge in [-0.3, -0.25) is 0 Å². The second kappa shape index (κ2) is 5.39. The summed E-state index contributed by atoms with van der Waals surface area (Å²) >= 11 is 1.85. The van der Waals surface area contributed by atoms with Crippen LogP contribution in [0.5, 0.6) is 0 Å². The Morgan fingerprint density at radius 1 is 0.941 bits per heavy atom. The van der Waals surface area contributed by atoms with Gasteiger partial charge in [0.05, 0.1) is 0 Å². The molecule has 0 fully saturated rings. The van der Waals surface area contributed by atoms with Gasteiger partial charge in [0.2, 0.25) is 0 Å². The monoisotopic (exact) mass is 274 g/mol. The van der Waals surface area contributed by atoms with Crippen LogP contribution in [0.2, 0.25) is 18.1 Å². The van der Waals surface area contributed by atoms with Crippen LogP contribution in [0.25, 0.3) is 0 Å². The highest BCUT2D eigenvalue weighted by Gasteiger charge is 2.40. The van der Waals surface area contributed by atoms with Crippen molar-refractivity contribution in [1.82, 2.24) is 0 Å². The second-order valence-electron chi connectivity index (χ2n) is 7.36. The Labute approximate surface area is 114 Å². The van der Waals surface area contributed by atoms with Crippen molar-refractivity contribution in [3.05, 3.63) is 10.7 Å². The normalized spacial score (nSPS) is 13.5. The second-order valence-corrected chi connectivity index (χ2v) is 13.9. The Hall–Kier alpha value is 0.107. The Morgan fingerprint density at radius 3 is 1.59 bits per heavy atom. The SMILES string of the molecule is CC(C)=C(O[Si](C)(C)C(C)(C)C)SC(C)(C)C. The van der Waals surface area contributed by atoms with Crippen LogP contribution in [0.3, 0.4) is 0 Å².